The Hall–Kier alpha value is -0.650. The summed E-state index contributed by atoms with van der Waals surface area (Å²) in [6, 6.07) is 0. The zero-order chi connectivity index (χ0) is 10.7. The van der Waals surface area contributed by atoms with Crippen molar-refractivity contribution in [3.63, 3.8) is 0 Å². The van der Waals surface area contributed by atoms with Crippen molar-refractivity contribution in [1.82, 2.24) is 4.90 Å². The molecular weight excluding hydrogens is 186 g/mol. The van der Waals surface area contributed by atoms with Crippen LogP contribution in [0.2, 0.25) is 0 Å². The first kappa shape index (κ1) is 11.4. The summed E-state index contributed by atoms with van der Waals surface area (Å²) in [6.07, 6.45) is -1.63. The number of likely N-dealkylation sites (tertiary alicyclic amines) is 1. The molecule has 5 nitrogen and oxygen atoms in total. The number of hydrogen-bond donors (Lipinski definition) is 2. The number of rotatable bonds is 3. The Morgan fingerprint density at radius 1 is 1.43 bits per heavy atom. The highest BCUT2D eigenvalue weighted by Gasteiger charge is 2.32. The lowest BCUT2D eigenvalue weighted by molar-refractivity contribution is -0.137. The molecule has 2 unspecified atom stereocenters. The van der Waals surface area contributed by atoms with Crippen LogP contribution in [0.5, 0.6) is 0 Å². The van der Waals surface area contributed by atoms with Crippen molar-refractivity contribution in [2.45, 2.75) is 32.2 Å². The molecule has 14 heavy (non-hydrogen) atoms. The van der Waals surface area contributed by atoms with Crippen LogP contribution >= 0.6 is 0 Å². The molecule has 1 aliphatic heterocycles. The lowest BCUT2D eigenvalue weighted by atomic mass is 10.3. The third kappa shape index (κ3) is 2.94. The van der Waals surface area contributed by atoms with Crippen LogP contribution in [0.3, 0.4) is 0 Å². The lowest BCUT2D eigenvalue weighted by Gasteiger charge is -2.16. The number of nitrogens with zero attached hydrogens (tertiary/aromatic N) is 1. The van der Waals surface area contributed by atoms with Gasteiger partial charge in [0.05, 0.1) is 18.3 Å². The zero-order valence-electron chi connectivity index (χ0n) is 8.51. The van der Waals surface area contributed by atoms with E-state index in [1.807, 2.05) is 13.8 Å². The van der Waals surface area contributed by atoms with Crippen molar-refractivity contribution in [2.24, 2.45) is 0 Å². The first-order valence-corrected chi connectivity index (χ1v) is 4.76. The second-order valence-corrected chi connectivity index (χ2v) is 3.79. The number of β-amino-alcohol motifs (C(OH)–C–C–N with tert-alkyl or cyclic N) is 2. The van der Waals surface area contributed by atoms with Crippen molar-refractivity contribution in [1.29, 1.82) is 0 Å². The Balaban J connectivity index is 2.32. The molecule has 0 saturated carbocycles. The Labute approximate surface area is 83.3 Å². The molecule has 0 aromatic rings. The van der Waals surface area contributed by atoms with Gasteiger partial charge in [0, 0.05) is 13.1 Å². The number of aliphatic hydroxyl groups excluding tert-OH is 2. The smallest absolute Gasteiger partial charge is 0.248 e. The molecule has 0 radical (unpaired) electrons. The zero-order valence-corrected chi connectivity index (χ0v) is 8.51. The molecular formula is C9H17NO4. The molecule has 0 aromatic carbocycles. The number of ether oxygens (including phenoxy) is 1. The average molecular weight is 203 g/mol. The van der Waals surface area contributed by atoms with Crippen LogP contribution in [0.1, 0.15) is 13.8 Å². The van der Waals surface area contributed by atoms with Gasteiger partial charge < -0.3 is 19.8 Å². The van der Waals surface area contributed by atoms with E-state index in [1.54, 1.807) is 0 Å². The minimum Gasteiger partial charge on any atom is -0.388 e. The molecule has 1 saturated heterocycles. The predicted octanol–water partition coefficient (Wildman–Crippen LogP) is -1.02. The summed E-state index contributed by atoms with van der Waals surface area (Å²) in [6.45, 7) is 4.10. The van der Waals surface area contributed by atoms with Gasteiger partial charge in [0.15, 0.2) is 0 Å². The van der Waals surface area contributed by atoms with Crippen LogP contribution in [-0.4, -0.2) is 59.0 Å². The number of aliphatic hydroxyl groups is 2. The van der Waals surface area contributed by atoms with Crippen molar-refractivity contribution in [3.8, 4) is 0 Å². The summed E-state index contributed by atoms with van der Waals surface area (Å²) in [4.78, 5) is 12.8. The monoisotopic (exact) mass is 203 g/mol. The Morgan fingerprint density at radius 2 is 1.93 bits per heavy atom. The summed E-state index contributed by atoms with van der Waals surface area (Å²) < 4.78 is 5.13. The van der Waals surface area contributed by atoms with Gasteiger partial charge in [-0.3, -0.25) is 4.79 Å². The maximum Gasteiger partial charge on any atom is 0.248 e. The van der Waals surface area contributed by atoms with E-state index in [2.05, 4.69) is 0 Å². The summed E-state index contributed by atoms with van der Waals surface area (Å²) in [5, 5.41) is 18.4. The summed E-state index contributed by atoms with van der Waals surface area (Å²) >= 11 is 0. The van der Waals surface area contributed by atoms with Crippen LogP contribution in [0.4, 0.5) is 0 Å². The molecule has 5 heteroatoms. The van der Waals surface area contributed by atoms with Gasteiger partial charge in [-0.05, 0) is 13.8 Å². The van der Waals surface area contributed by atoms with Gasteiger partial charge in [-0.2, -0.15) is 0 Å². The lowest BCUT2D eigenvalue weighted by Crippen LogP contribution is -2.33. The Morgan fingerprint density at radius 3 is 2.36 bits per heavy atom. The van der Waals surface area contributed by atoms with Gasteiger partial charge in [0.25, 0.3) is 0 Å². The number of hydrogen-bond acceptors (Lipinski definition) is 4. The van der Waals surface area contributed by atoms with E-state index in [4.69, 9.17) is 4.74 Å². The van der Waals surface area contributed by atoms with Crippen molar-refractivity contribution in [2.75, 3.05) is 19.7 Å². The topological polar surface area (TPSA) is 70.0 Å². The fraction of sp³-hybridized carbons (Fsp3) is 0.889. The van der Waals surface area contributed by atoms with E-state index < -0.39 is 12.2 Å². The third-order valence-corrected chi connectivity index (χ3v) is 2.15. The molecule has 0 aliphatic carbocycles. The van der Waals surface area contributed by atoms with Crippen LogP contribution in [0, 0.1) is 0 Å². The van der Waals surface area contributed by atoms with Crippen molar-refractivity contribution in [3.05, 3.63) is 0 Å². The van der Waals surface area contributed by atoms with Gasteiger partial charge >= 0.3 is 0 Å². The molecule has 2 N–H and O–H groups in total. The minimum atomic E-state index is -0.821. The molecule has 1 aliphatic rings. The second kappa shape index (κ2) is 4.72. The van der Waals surface area contributed by atoms with Gasteiger partial charge in [-0.1, -0.05) is 0 Å². The van der Waals surface area contributed by atoms with Crippen LogP contribution < -0.4 is 0 Å². The highest BCUT2D eigenvalue weighted by molar-refractivity contribution is 5.77. The second-order valence-electron chi connectivity index (χ2n) is 3.79. The maximum atomic E-state index is 11.4. The van der Waals surface area contributed by atoms with E-state index in [0.717, 1.165) is 0 Å². The van der Waals surface area contributed by atoms with Crippen molar-refractivity contribution < 1.29 is 19.7 Å². The van der Waals surface area contributed by atoms with Gasteiger partial charge in [0.2, 0.25) is 5.91 Å². The Bertz CT molecular complexity index is 197. The number of amides is 1. The van der Waals surface area contributed by atoms with Gasteiger partial charge in [-0.25, -0.2) is 0 Å². The maximum absolute atomic E-state index is 11.4. The highest BCUT2D eigenvalue weighted by atomic mass is 16.5. The molecule has 0 bridgehead atoms. The van der Waals surface area contributed by atoms with Crippen molar-refractivity contribution >= 4 is 5.91 Å². The summed E-state index contributed by atoms with van der Waals surface area (Å²) in [5.41, 5.74) is 0. The van der Waals surface area contributed by atoms with Crippen LogP contribution in [-0.2, 0) is 9.53 Å². The predicted molar refractivity (Wildman–Crippen MR) is 49.7 cm³/mol. The molecule has 82 valence electrons. The van der Waals surface area contributed by atoms with Gasteiger partial charge in [0.1, 0.15) is 6.61 Å². The first-order chi connectivity index (χ1) is 6.50. The quantitative estimate of drug-likeness (QED) is 0.615. The first-order valence-electron chi connectivity index (χ1n) is 4.76. The molecule has 0 aromatic heterocycles. The highest BCUT2D eigenvalue weighted by Crippen LogP contribution is 2.10. The molecule has 2 atom stereocenters. The SMILES string of the molecule is CC(C)OCC(=O)N1CC(O)C(O)C1. The largest absolute Gasteiger partial charge is 0.388 e. The van der Waals surface area contributed by atoms with E-state index in [-0.39, 0.29) is 31.7 Å². The fourth-order valence-electron chi connectivity index (χ4n) is 1.30. The van der Waals surface area contributed by atoms with Crippen LogP contribution in [0.15, 0.2) is 0 Å². The number of carbonyl (C=O) groups is 1. The van der Waals surface area contributed by atoms with E-state index in [0.29, 0.717) is 0 Å². The fourth-order valence-corrected chi connectivity index (χ4v) is 1.30. The van der Waals surface area contributed by atoms with Gasteiger partial charge in [-0.15, -0.1) is 0 Å². The standard InChI is InChI=1S/C9H17NO4/c1-6(2)14-5-9(13)10-3-7(11)8(12)4-10/h6-8,11-12H,3-5H2,1-2H3. The summed E-state index contributed by atoms with van der Waals surface area (Å²) in [5.74, 6) is -0.186. The third-order valence-electron chi connectivity index (χ3n) is 2.15. The Kier molecular flexibility index (Phi) is 3.86. The normalized spacial score (nSPS) is 27.4. The molecule has 1 fully saturated rings. The van der Waals surface area contributed by atoms with E-state index >= 15 is 0 Å². The number of carbonyl (C=O) groups excluding carboxylic acids is 1. The average Bonchev–Trinajstić information content (AvgIpc) is 2.43. The van der Waals surface area contributed by atoms with E-state index in [1.165, 1.54) is 4.90 Å². The summed E-state index contributed by atoms with van der Waals surface area (Å²) in [7, 11) is 0. The van der Waals surface area contributed by atoms with Crippen LogP contribution in [0.25, 0.3) is 0 Å². The molecule has 1 amide bonds. The molecule has 1 rings (SSSR count). The molecule has 1 heterocycles. The molecule has 0 spiro atoms. The van der Waals surface area contributed by atoms with E-state index in [9.17, 15) is 15.0 Å². The minimum absolute atomic E-state index is 0.0106.